The zero-order valence-corrected chi connectivity index (χ0v) is 13.4. The summed E-state index contributed by atoms with van der Waals surface area (Å²) in [5, 5.41) is 9.36. The molecule has 0 radical (unpaired) electrons. The van der Waals surface area contributed by atoms with E-state index >= 15 is 0 Å². The predicted octanol–water partition coefficient (Wildman–Crippen LogP) is 1.86. The maximum Gasteiger partial charge on any atom is 0.0940 e. The van der Waals surface area contributed by atoms with Crippen LogP contribution in [-0.2, 0) is 4.74 Å². The van der Waals surface area contributed by atoms with Gasteiger partial charge in [0.1, 0.15) is 0 Å². The Kier molecular flexibility index (Phi) is 5.38. The Balaban J connectivity index is 1.91. The van der Waals surface area contributed by atoms with Crippen LogP contribution in [0.4, 0.5) is 0 Å². The van der Waals surface area contributed by atoms with E-state index in [2.05, 4.69) is 37.8 Å². The SMILES string of the molecule is Cc1ccccc1C(N)CCN1CC(CO)OC(C)(C)C1. The molecule has 0 saturated carbocycles. The number of aliphatic hydroxyl groups excluding tert-OH is 1. The van der Waals surface area contributed by atoms with Gasteiger partial charge < -0.3 is 15.6 Å². The lowest BCUT2D eigenvalue weighted by Gasteiger charge is -2.42. The zero-order valence-electron chi connectivity index (χ0n) is 13.4. The lowest BCUT2D eigenvalue weighted by atomic mass is 9.98. The summed E-state index contributed by atoms with van der Waals surface area (Å²) >= 11 is 0. The number of hydrogen-bond acceptors (Lipinski definition) is 4. The number of rotatable bonds is 5. The summed E-state index contributed by atoms with van der Waals surface area (Å²) < 4.78 is 5.84. The van der Waals surface area contributed by atoms with Crippen LogP contribution in [0.3, 0.4) is 0 Å². The van der Waals surface area contributed by atoms with E-state index in [1.807, 2.05) is 12.1 Å². The summed E-state index contributed by atoms with van der Waals surface area (Å²) in [7, 11) is 0. The first-order valence-corrected chi connectivity index (χ1v) is 7.73. The van der Waals surface area contributed by atoms with Gasteiger partial charge in [0.05, 0.1) is 18.3 Å². The van der Waals surface area contributed by atoms with Gasteiger partial charge in [-0.2, -0.15) is 0 Å². The molecule has 4 nitrogen and oxygen atoms in total. The molecule has 1 aliphatic rings. The molecule has 1 heterocycles. The van der Waals surface area contributed by atoms with E-state index in [1.54, 1.807) is 0 Å². The van der Waals surface area contributed by atoms with Crippen LogP contribution < -0.4 is 5.73 Å². The molecule has 3 N–H and O–H groups in total. The van der Waals surface area contributed by atoms with Crippen molar-refractivity contribution in [2.24, 2.45) is 5.73 Å². The molecular weight excluding hydrogens is 264 g/mol. The van der Waals surface area contributed by atoms with Crippen LogP contribution in [0.1, 0.15) is 37.4 Å². The van der Waals surface area contributed by atoms with Crippen molar-refractivity contribution >= 4 is 0 Å². The molecule has 4 heteroatoms. The minimum Gasteiger partial charge on any atom is -0.394 e. The lowest BCUT2D eigenvalue weighted by molar-refractivity contribution is -0.149. The average molecular weight is 292 g/mol. The first-order valence-electron chi connectivity index (χ1n) is 7.73. The smallest absolute Gasteiger partial charge is 0.0940 e. The second kappa shape index (κ2) is 6.88. The Morgan fingerprint density at radius 1 is 1.43 bits per heavy atom. The normalized spacial score (nSPS) is 24.0. The van der Waals surface area contributed by atoms with Gasteiger partial charge in [0, 0.05) is 25.7 Å². The molecule has 0 aromatic heterocycles. The minimum absolute atomic E-state index is 0.0599. The summed E-state index contributed by atoms with van der Waals surface area (Å²) in [5.74, 6) is 0. The lowest BCUT2D eigenvalue weighted by Crippen LogP contribution is -2.54. The zero-order chi connectivity index (χ0) is 15.5. The number of aliphatic hydroxyl groups is 1. The Morgan fingerprint density at radius 2 is 2.14 bits per heavy atom. The highest BCUT2D eigenvalue weighted by Gasteiger charge is 2.32. The van der Waals surface area contributed by atoms with E-state index in [0.29, 0.717) is 0 Å². The molecule has 118 valence electrons. The number of ether oxygens (including phenoxy) is 1. The molecule has 1 aromatic carbocycles. The van der Waals surface area contributed by atoms with Crippen LogP contribution in [0.5, 0.6) is 0 Å². The average Bonchev–Trinajstić information content (AvgIpc) is 2.43. The van der Waals surface area contributed by atoms with Gasteiger partial charge in [0.15, 0.2) is 0 Å². The Morgan fingerprint density at radius 3 is 2.81 bits per heavy atom. The fraction of sp³-hybridized carbons (Fsp3) is 0.647. The molecule has 0 aliphatic carbocycles. The fourth-order valence-corrected chi connectivity index (χ4v) is 3.16. The monoisotopic (exact) mass is 292 g/mol. The second-order valence-corrected chi connectivity index (χ2v) is 6.67. The molecule has 21 heavy (non-hydrogen) atoms. The number of nitrogens with zero attached hydrogens (tertiary/aromatic N) is 1. The standard InChI is InChI=1S/C17H28N2O2/c1-13-6-4-5-7-15(13)16(18)8-9-19-10-14(11-20)21-17(2,3)12-19/h4-7,14,16,20H,8-12,18H2,1-3H3. The topological polar surface area (TPSA) is 58.7 Å². The summed E-state index contributed by atoms with van der Waals surface area (Å²) in [6.07, 6.45) is 0.822. The first-order chi connectivity index (χ1) is 9.91. The van der Waals surface area contributed by atoms with Gasteiger partial charge in [0.2, 0.25) is 0 Å². The predicted molar refractivity (Wildman–Crippen MR) is 85.2 cm³/mol. The third-order valence-electron chi connectivity index (χ3n) is 4.10. The highest BCUT2D eigenvalue weighted by atomic mass is 16.5. The van der Waals surface area contributed by atoms with Crippen molar-refractivity contribution in [1.82, 2.24) is 4.90 Å². The van der Waals surface area contributed by atoms with Gasteiger partial charge in [-0.3, -0.25) is 4.90 Å². The van der Waals surface area contributed by atoms with Gasteiger partial charge >= 0.3 is 0 Å². The molecule has 2 rings (SSSR count). The Bertz CT molecular complexity index is 462. The van der Waals surface area contributed by atoms with Crippen molar-refractivity contribution in [3.8, 4) is 0 Å². The van der Waals surface area contributed by atoms with Crippen LogP contribution in [0.25, 0.3) is 0 Å². The maximum absolute atomic E-state index is 9.36. The van der Waals surface area contributed by atoms with Crippen molar-refractivity contribution in [3.05, 3.63) is 35.4 Å². The molecule has 0 amide bonds. The van der Waals surface area contributed by atoms with E-state index in [4.69, 9.17) is 10.5 Å². The molecule has 0 spiro atoms. The quantitative estimate of drug-likeness (QED) is 0.869. The van der Waals surface area contributed by atoms with E-state index in [0.717, 1.165) is 26.1 Å². The first kappa shape index (κ1) is 16.4. The van der Waals surface area contributed by atoms with Crippen LogP contribution in [0, 0.1) is 6.92 Å². The second-order valence-electron chi connectivity index (χ2n) is 6.67. The molecule has 1 aromatic rings. The highest BCUT2D eigenvalue weighted by Crippen LogP contribution is 2.23. The van der Waals surface area contributed by atoms with Crippen LogP contribution in [-0.4, -0.2) is 48.0 Å². The minimum atomic E-state index is -0.210. The summed E-state index contributed by atoms with van der Waals surface area (Å²) in [6.45, 7) is 8.91. The molecule has 1 aliphatic heterocycles. The summed E-state index contributed by atoms with van der Waals surface area (Å²) in [4.78, 5) is 2.35. The highest BCUT2D eigenvalue weighted by molar-refractivity contribution is 5.28. The summed E-state index contributed by atoms with van der Waals surface area (Å²) in [6, 6.07) is 8.36. The van der Waals surface area contributed by atoms with Gasteiger partial charge in [0.25, 0.3) is 0 Å². The molecule has 2 unspecified atom stereocenters. The van der Waals surface area contributed by atoms with Gasteiger partial charge in [-0.15, -0.1) is 0 Å². The molecular formula is C17H28N2O2. The van der Waals surface area contributed by atoms with Crippen LogP contribution >= 0.6 is 0 Å². The molecule has 2 atom stereocenters. The van der Waals surface area contributed by atoms with Crippen LogP contribution in [0.15, 0.2) is 24.3 Å². The van der Waals surface area contributed by atoms with E-state index in [1.165, 1.54) is 11.1 Å². The van der Waals surface area contributed by atoms with Crippen molar-refractivity contribution in [3.63, 3.8) is 0 Å². The number of hydrogen-bond donors (Lipinski definition) is 2. The maximum atomic E-state index is 9.36. The fourth-order valence-electron chi connectivity index (χ4n) is 3.16. The third-order valence-corrected chi connectivity index (χ3v) is 4.10. The third kappa shape index (κ3) is 4.51. The number of benzene rings is 1. The van der Waals surface area contributed by atoms with Crippen molar-refractivity contribution in [2.45, 2.75) is 44.9 Å². The Labute approximate surface area is 127 Å². The van der Waals surface area contributed by atoms with E-state index in [-0.39, 0.29) is 24.4 Å². The largest absolute Gasteiger partial charge is 0.394 e. The van der Waals surface area contributed by atoms with Crippen LogP contribution in [0.2, 0.25) is 0 Å². The van der Waals surface area contributed by atoms with E-state index < -0.39 is 0 Å². The van der Waals surface area contributed by atoms with Gasteiger partial charge in [-0.05, 0) is 38.3 Å². The van der Waals surface area contributed by atoms with E-state index in [9.17, 15) is 5.11 Å². The van der Waals surface area contributed by atoms with Crippen molar-refractivity contribution in [2.75, 3.05) is 26.2 Å². The number of aryl methyl sites for hydroxylation is 1. The van der Waals surface area contributed by atoms with Crippen molar-refractivity contribution < 1.29 is 9.84 Å². The van der Waals surface area contributed by atoms with Gasteiger partial charge in [-0.25, -0.2) is 0 Å². The van der Waals surface area contributed by atoms with Gasteiger partial charge in [-0.1, -0.05) is 24.3 Å². The molecule has 1 fully saturated rings. The summed E-state index contributed by atoms with van der Waals surface area (Å²) in [5.41, 5.74) is 8.61. The molecule has 0 bridgehead atoms. The molecule has 1 saturated heterocycles. The van der Waals surface area contributed by atoms with Crippen molar-refractivity contribution in [1.29, 1.82) is 0 Å². The Hall–Kier alpha value is -0.940. The number of nitrogens with two attached hydrogens (primary N) is 1. The number of morpholine rings is 1.